The minimum absolute atomic E-state index is 0. The number of aromatic nitrogens is 2. The van der Waals surface area contributed by atoms with Crippen LogP contribution in [0.3, 0.4) is 0 Å². The molecule has 0 radical (unpaired) electrons. The van der Waals surface area contributed by atoms with Gasteiger partial charge in [-0.3, -0.25) is 0 Å². The summed E-state index contributed by atoms with van der Waals surface area (Å²) in [6.07, 6.45) is 6.43. The van der Waals surface area contributed by atoms with Crippen LogP contribution in [0.2, 0.25) is 0 Å². The van der Waals surface area contributed by atoms with Gasteiger partial charge in [0, 0.05) is 30.9 Å². The van der Waals surface area contributed by atoms with Crippen molar-refractivity contribution >= 4 is 12.4 Å². The van der Waals surface area contributed by atoms with Crippen LogP contribution in [0, 0.1) is 0 Å². The summed E-state index contributed by atoms with van der Waals surface area (Å²) in [5.74, 6) is 0.740. The highest BCUT2D eigenvalue weighted by molar-refractivity contribution is 5.85. The van der Waals surface area contributed by atoms with Crippen molar-refractivity contribution in [2.75, 3.05) is 13.1 Å². The van der Waals surface area contributed by atoms with Crippen LogP contribution in [0.5, 0.6) is 5.75 Å². The minimum Gasteiger partial charge on any atom is -0.490 e. The van der Waals surface area contributed by atoms with Gasteiger partial charge in [-0.05, 0) is 55.8 Å². The number of nitrogens with one attached hydrogen (secondary N) is 1. The molecule has 6 nitrogen and oxygen atoms in total. The molecule has 3 aromatic rings. The van der Waals surface area contributed by atoms with Crippen LogP contribution in [-0.2, 0) is 6.42 Å². The molecule has 0 aliphatic carbocycles. The van der Waals surface area contributed by atoms with Crippen molar-refractivity contribution in [1.82, 2.24) is 14.9 Å². The zero-order valence-corrected chi connectivity index (χ0v) is 18.2. The van der Waals surface area contributed by atoms with E-state index in [0.717, 1.165) is 17.0 Å². The second-order valence-electron chi connectivity index (χ2n) is 8.00. The molecule has 0 bridgehead atoms. The summed E-state index contributed by atoms with van der Waals surface area (Å²) in [4.78, 5) is 4.08. The van der Waals surface area contributed by atoms with Crippen LogP contribution in [0.1, 0.15) is 24.8 Å². The Balaban J connectivity index is 0.00000272. The average Bonchev–Trinajstić information content (AvgIpc) is 3.30. The lowest BCUT2D eigenvalue weighted by Crippen LogP contribution is -2.51. The van der Waals surface area contributed by atoms with E-state index in [1.807, 2.05) is 53.2 Å². The molecule has 1 aliphatic heterocycles. The molecule has 4 rings (SSSR count). The fourth-order valence-electron chi connectivity index (χ4n) is 4.01. The molecule has 1 fully saturated rings. The number of rotatable bonds is 8. The van der Waals surface area contributed by atoms with E-state index in [2.05, 4.69) is 22.4 Å². The molecule has 2 heterocycles. The molecule has 1 aromatic heterocycles. The van der Waals surface area contributed by atoms with Gasteiger partial charge < -0.3 is 24.8 Å². The van der Waals surface area contributed by atoms with Crippen LogP contribution in [0.15, 0.2) is 73.3 Å². The summed E-state index contributed by atoms with van der Waals surface area (Å²) in [5, 5.41) is 25.0. The Morgan fingerprint density at radius 2 is 1.77 bits per heavy atom. The van der Waals surface area contributed by atoms with Crippen molar-refractivity contribution < 1.29 is 14.9 Å². The largest absolute Gasteiger partial charge is 0.490 e. The van der Waals surface area contributed by atoms with E-state index >= 15 is 0 Å². The molecule has 0 amide bonds. The third-order valence-corrected chi connectivity index (χ3v) is 5.82. The molecule has 1 saturated heterocycles. The summed E-state index contributed by atoms with van der Waals surface area (Å²) < 4.78 is 8.22. The van der Waals surface area contributed by atoms with Gasteiger partial charge in [-0.15, -0.1) is 12.4 Å². The van der Waals surface area contributed by atoms with Gasteiger partial charge in [0.1, 0.15) is 11.9 Å². The average molecular weight is 444 g/mol. The normalized spacial score (nSPS) is 17.4. The molecule has 31 heavy (non-hydrogen) atoms. The van der Waals surface area contributed by atoms with Gasteiger partial charge in [-0.25, -0.2) is 4.98 Å². The maximum Gasteiger partial charge on any atom is 0.119 e. The van der Waals surface area contributed by atoms with E-state index in [1.165, 1.54) is 0 Å². The number of aliphatic hydroxyl groups excluding tert-OH is 1. The molecule has 2 unspecified atom stereocenters. The Hall–Kier alpha value is -2.38. The minimum atomic E-state index is -1.06. The van der Waals surface area contributed by atoms with Gasteiger partial charge in [0.05, 0.1) is 18.0 Å². The summed E-state index contributed by atoms with van der Waals surface area (Å²) in [7, 11) is 0. The van der Waals surface area contributed by atoms with Crippen molar-refractivity contribution in [3.8, 4) is 11.4 Å². The summed E-state index contributed by atoms with van der Waals surface area (Å²) in [5.41, 5.74) is 1.08. The summed E-state index contributed by atoms with van der Waals surface area (Å²) in [6.45, 7) is 1.43. The molecule has 3 N–H and O–H groups in total. The number of benzene rings is 2. The van der Waals surface area contributed by atoms with E-state index in [1.54, 1.807) is 12.5 Å². The first-order valence-corrected chi connectivity index (χ1v) is 10.5. The molecule has 166 valence electrons. The van der Waals surface area contributed by atoms with Crippen LogP contribution >= 0.6 is 12.4 Å². The second-order valence-corrected chi connectivity index (χ2v) is 8.00. The maximum absolute atomic E-state index is 10.9. The monoisotopic (exact) mass is 443 g/mol. The van der Waals surface area contributed by atoms with E-state index in [0.29, 0.717) is 38.8 Å². The number of piperidine rings is 1. The smallest absolute Gasteiger partial charge is 0.119 e. The van der Waals surface area contributed by atoms with E-state index < -0.39 is 11.7 Å². The number of hydrogen-bond donors (Lipinski definition) is 3. The van der Waals surface area contributed by atoms with Gasteiger partial charge in [0.2, 0.25) is 0 Å². The molecular weight excluding hydrogens is 414 g/mol. The van der Waals surface area contributed by atoms with Gasteiger partial charge in [-0.2, -0.15) is 0 Å². The number of nitrogens with zero attached hydrogens (tertiary/aromatic N) is 2. The zero-order chi connectivity index (χ0) is 20.8. The SMILES string of the molecule is Cl.OC(CC(Cc1ccccc1)Oc1ccc(-n2ccnc2)cc1)C1(O)CCNCC1. The Kier molecular flexibility index (Phi) is 8.09. The van der Waals surface area contributed by atoms with E-state index in [9.17, 15) is 10.2 Å². The summed E-state index contributed by atoms with van der Waals surface area (Å²) >= 11 is 0. The first-order chi connectivity index (χ1) is 14.6. The van der Waals surface area contributed by atoms with Crippen molar-refractivity contribution in [1.29, 1.82) is 0 Å². The van der Waals surface area contributed by atoms with Crippen molar-refractivity contribution in [2.45, 2.75) is 43.5 Å². The Bertz CT molecular complexity index is 898. The maximum atomic E-state index is 10.9. The third-order valence-electron chi connectivity index (χ3n) is 5.82. The first-order valence-electron chi connectivity index (χ1n) is 10.5. The van der Waals surface area contributed by atoms with Gasteiger partial charge in [-0.1, -0.05) is 30.3 Å². The molecule has 2 aromatic carbocycles. The summed E-state index contributed by atoms with van der Waals surface area (Å²) in [6, 6.07) is 17.9. The van der Waals surface area contributed by atoms with Crippen molar-refractivity contribution in [3.05, 3.63) is 78.9 Å². The van der Waals surface area contributed by atoms with Crippen LogP contribution in [0.25, 0.3) is 5.69 Å². The molecule has 2 atom stereocenters. The number of imidazole rings is 1. The molecule has 0 saturated carbocycles. The first kappa shape index (κ1) is 23.3. The van der Waals surface area contributed by atoms with Crippen molar-refractivity contribution in [3.63, 3.8) is 0 Å². The lowest BCUT2D eigenvalue weighted by molar-refractivity contribution is -0.105. The number of halogens is 1. The van der Waals surface area contributed by atoms with Crippen LogP contribution < -0.4 is 10.1 Å². The number of hydrogen-bond acceptors (Lipinski definition) is 5. The van der Waals surface area contributed by atoms with Crippen molar-refractivity contribution in [2.24, 2.45) is 0 Å². The highest BCUT2D eigenvalue weighted by atomic mass is 35.5. The number of ether oxygens (including phenoxy) is 1. The standard InChI is InChI=1S/C24H29N3O3.ClH/c28-23(24(29)10-12-25-13-11-24)17-22(16-19-4-2-1-3-5-19)30-21-8-6-20(7-9-21)27-15-14-26-18-27;/h1-9,14-15,18,22-23,25,28-29H,10-13,16-17H2;1H. The predicted molar refractivity (Wildman–Crippen MR) is 123 cm³/mol. The second kappa shape index (κ2) is 10.8. The number of aliphatic hydroxyl groups is 2. The highest BCUT2D eigenvalue weighted by Crippen LogP contribution is 2.28. The molecule has 0 spiro atoms. The van der Waals surface area contributed by atoms with E-state index in [-0.39, 0.29) is 18.5 Å². The highest BCUT2D eigenvalue weighted by Gasteiger charge is 2.38. The lowest BCUT2D eigenvalue weighted by Gasteiger charge is -2.38. The lowest BCUT2D eigenvalue weighted by atomic mass is 9.83. The fraction of sp³-hybridized carbons (Fsp3) is 0.375. The molecule has 7 heteroatoms. The Labute approximate surface area is 189 Å². The van der Waals surface area contributed by atoms with Crippen LogP contribution in [-0.4, -0.2) is 50.7 Å². The molecule has 1 aliphatic rings. The zero-order valence-electron chi connectivity index (χ0n) is 17.4. The van der Waals surface area contributed by atoms with Crippen LogP contribution in [0.4, 0.5) is 0 Å². The van der Waals surface area contributed by atoms with Gasteiger partial charge in [0.25, 0.3) is 0 Å². The van der Waals surface area contributed by atoms with E-state index in [4.69, 9.17) is 4.74 Å². The van der Waals surface area contributed by atoms with Gasteiger partial charge in [0.15, 0.2) is 0 Å². The fourth-order valence-corrected chi connectivity index (χ4v) is 4.01. The quantitative estimate of drug-likeness (QED) is 0.498. The Morgan fingerprint density at radius 3 is 2.42 bits per heavy atom. The van der Waals surface area contributed by atoms with Gasteiger partial charge >= 0.3 is 0 Å². The molecular formula is C24H30ClN3O3. The topological polar surface area (TPSA) is 79.5 Å². The third kappa shape index (κ3) is 6.08. The Morgan fingerprint density at radius 1 is 1.06 bits per heavy atom. The predicted octanol–water partition coefficient (Wildman–Crippen LogP) is 3.15.